The van der Waals surface area contributed by atoms with Gasteiger partial charge in [-0.15, -0.1) is 0 Å². The zero-order valence-corrected chi connectivity index (χ0v) is 22.2. The van der Waals surface area contributed by atoms with Gasteiger partial charge in [0.1, 0.15) is 0 Å². The van der Waals surface area contributed by atoms with Crippen LogP contribution in [0.15, 0.2) is 91.0 Å². The molecule has 1 atom stereocenters. The third-order valence-electron chi connectivity index (χ3n) is 6.21. The molecule has 0 saturated carbocycles. The van der Waals surface area contributed by atoms with Crippen molar-refractivity contribution >= 4 is 18.7 Å². The van der Waals surface area contributed by atoms with Crippen LogP contribution in [0.4, 0.5) is 0 Å². The topological polar surface area (TPSA) is 27.7 Å². The van der Waals surface area contributed by atoms with Gasteiger partial charge in [0.05, 0.1) is 12.7 Å². The Morgan fingerprint density at radius 1 is 0.706 bits per heavy atom. The lowest BCUT2D eigenvalue weighted by Crippen LogP contribution is -2.66. The fourth-order valence-corrected chi connectivity index (χ4v) is 9.01. The van der Waals surface area contributed by atoms with Crippen LogP contribution in [0.25, 0.3) is 0 Å². The molecule has 0 aromatic heterocycles. The van der Waals surface area contributed by atoms with Gasteiger partial charge in [-0.05, 0) is 40.7 Å². The molecule has 0 radical (unpaired) electrons. The van der Waals surface area contributed by atoms with Crippen molar-refractivity contribution < 1.29 is 13.9 Å². The molecule has 3 aromatic rings. The van der Waals surface area contributed by atoms with Gasteiger partial charge in [-0.1, -0.05) is 112 Å². The minimum Gasteiger partial charge on any atom is -0.407 e. The van der Waals surface area contributed by atoms with Crippen LogP contribution in [-0.4, -0.2) is 34.2 Å². The molecule has 0 spiro atoms. The highest BCUT2D eigenvalue weighted by Crippen LogP contribution is 2.36. The van der Waals surface area contributed by atoms with Gasteiger partial charge in [-0.2, -0.15) is 0 Å². The molecule has 0 heterocycles. The van der Waals surface area contributed by atoms with Gasteiger partial charge in [0, 0.05) is 19.8 Å². The monoisotopic (exact) mass is 476 g/mol. The van der Waals surface area contributed by atoms with Crippen LogP contribution in [-0.2, 0) is 20.5 Å². The Labute approximate surface area is 207 Å². The van der Waals surface area contributed by atoms with Crippen LogP contribution < -0.4 is 10.4 Å². The van der Waals surface area contributed by atoms with Crippen molar-refractivity contribution in [2.45, 2.75) is 58.3 Å². The first-order valence-electron chi connectivity index (χ1n) is 12.4. The summed E-state index contributed by atoms with van der Waals surface area (Å²) in [7, 11) is -2.47. The van der Waals surface area contributed by atoms with E-state index in [1.807, 2.05) is 18.2 Å². The molecule has 0 bridgehead atoms. The first kappa shape index (κ1) is 26.4. The molecule has 0 N–H and O–H groups in total. The van der Waals surface area contributed by atoms with Gasteiger partial charge in [-0.25, -0.2) is 0 Å². The molecule has 0 aliphatic rings. The fraction of sp³-hybridized carbons (Fsp3) is 0.400. The number of rotatable bonds is 13. The zero-order valence-electron chi connectivity index (χ0n) is 21.2. The van der Waals surface area contributed by atoms with Crippen molar-refractivity contribution in [1.29, 1.82) is 0 Å². The van der Waals surface area contributed by atoms with E-state index < -0.39 is 8.32 Å². The van der Waals surface area contributed by atoms with E-state index in [0.717, 1.165) is 12.8 Å². The second kappa shape index (κ2) is 13.0. The summed E-state index contributed by atoms with van der Waals surface area (Å²) in [6, 6.07) is 31.9. The summed E-state index contributed by atoms with van der Waals surface area (Å²) >= 11 is 0. The molecule has 0 saturated heterocycles. The Balaban J connectivity index is 1.52. The zero-order chi connectivity index (χ0) is 24.3. The summed E-state index contributed by atoms with van der Waals surface area (Å²) in [4.78, 5) is 0. The fourth-order valence-electron chi connectivity index (χ4n) is 4.43. The van der Waals surface area contributed by atoms with Crippen LogP contribution in [0.5, 0.6) is 0 Å². The van der Waals surface area contributed by atoms with E-state index in [9.17, 15) is 0 Å². The molecule has 0 aliphatic heterocycles. The lowest BCUT2D eigenvalue weighted by atomic mass is 10.2. The van der Waals surface area contributed by atoms with E-state index in [0.29, 0.717) is 26.4 Å². The Bertz CT molecular complexity index is 900. The summed E-state index contributed by atoms with van der Waals surface area (Å²) in [5.74, 6) is 0. The Kier molecular flexibility index (Phi) is 10.1. The Morgan fingerprint density at radius 2 is 1.24 bits per heavy atom. The van der Waals surface area contributed by atoms with Crippen molar-refractivity contribution in [1.82, 2.24) is 0 Å². The number of benzene rings is 3. The van der Waals surface area contributed by atoms with Gasteiger partial charge >= 0.3 is 0 Å². The number of hydrogen-bond donors (Lipinski definition) is 0. The molecule has 4 heteroatoms. The van der Waals surface area contributed by atoms with Crippen molar-refractivity contribution in [3.63, 3.8) is 0 Å². The molecule has 3 nitrogen and oxygen atoms in total. The molecule has 0 aliphatic carbocycles. The summed E-state index contributed by atoms with van der Waals surface area (Å²) < 4.78 is 18.8. The van der Waals surface area contributed by atoms with E-state index in [4.69, 9.17) is 13.9 Å². The SMILES string of the molecule is CC(CCO[Si](c1ccccc1)(c1ccccc1)C(C)(C)C)OCCCOCc1ccccc1. The predicted octanol–water partition coefficient (Wildman–Crippen LogP) is 5.97. The van der Waals surface area contributed by atoms with Crippen LogP contribution in [0.2, 0.25) is 5.04 Å². The normalized spacial score (nSPS) is 13.1. The molecule has 0 fully saturated rings. The second-order valence-corrected chi connectivity index (χ2v) is 14.2. The lowest BCUT2D eigenvalue weighted by molar-refractivity contribution is 0.0288. The summed E-state index contributed by atoms with van der Waals surface area (Å²) in [6.07, 6.45) is 1.91. The number of ether oxygens (including phenoxy) is 2. The van der Waals surface area contributed by atoms with E-state index in [1.54, 1.807) is 0 Å². The maximum atomic E-state index is 6.97. The summed E-state index contributed by atoms with van der Waals surface area (Å²) in [5, 5.41) is 2.63. The smallest absolute Gasteiger partial charge is 0.261 e. The average molecular weight is 477 g/mol. The predicted molar refractivity (Wildman–Crippen MR) is 144 cm³/mol. The molecule has 3 aromatic carbocycles. The van der Waals surface area contributed by atoms with Gasteiger partial charge in [-0.3, -0.25) is 0 Å². The van der Waals surface area contributed by atoms with Gasteiger partial charge in [0.25, 0.3) is 8.32 Å². The van der Waals surface area contributed by atoms with E-state index in [2.05, 4.69) is 100 Å². The van der Waals surface area contributed by atoms with Crippen molar-refractivity contribution in [2.24, 2.45) is 0 Å². The van der Waals surface area contributed by atoms with E-state index in [1.165, 1.54) is 15.9 Å². The van der Waals surface area contributed by atoms with Crippen LogP contribution in [0, 0.1) is 0 Å². The third-order valence-corrected chi connectivity index (χ3v) is 11.2. The van der Waals surface area contributed by atoms with E-state index in [-0.39, 0.29) is 11.1 Å². The van der Waals surface area contributed by atoms with Crippen LogP contribution in [0.3, 0.4) is 0 Å². The number of hydrogen-bond acceptors (Lipinski definition) is 3. The molecule has 0 amide bonds. The largest absolute Gasteiger partial charge is 0.407 e. The first-order chi connectivity index (χ1) is 16.4. The van der Waals surface area contributed by atoms with Crippen molar-refractivity contribution in [3.05, 3.63) is 96.6 Å². The maximum absolute atomic E-state index is 6.97. The van der Waals surface area contributed by atoms with Gasteiger partial charge < -0.3 is 13.9 Å². The molecule has 1 unspecified atom stereocenters. The Morgan fingerprint density at radius 3 is 1.76 bits per heavy atom. The maximum Gasteiger partial charge on any atom is 0.261 e. The highest BCUT2D eigenvalue weighted by atomic mass is 28.4. The molecule has 182 valence electrons. The standard InChI is InChI=1S/C30H40O3Si/c1-26(32-23-14-22-31-25-27-15-8-5-9-16-27)21-24-33-34(30(2,3)4,28-17-10-6-11-18-28)29-19-12-7-13-20-29/h5-13,15-20,26H,14,21-25H2,1-4H3. The summed E-state index contributed by atoms with van der Waals surface area (Å²) in [5.41, 5.74) is 1.21. The molecule has 3 rings (SSSR count). The highest BCUT2D eigenvalue weighted by Gasteiger charge is 2.50. The van der Waals surface area contributed by atoms with Gasteiger partial charge in [0.15, 0.2) is 0 Å². The van der Waals surface area contributed by atoms with Gasteiger partial charge in [0.2, 0.25) is 0 Å². The second-order valence-electron chi connectivity index (χ2n) is 9.87. The van der Waals surface area contributed by atoms with Crippen LogP contribution >= 0.6 is 0 Å². The van der Waals surface area contributed by atoms with Crippen molar-refractivity contribution in [2.75, 3.05) is 19.8 Å². The average Bonchev–Trinajstić information content (AvgIpc) is 2.85. The molecular formula is C30H40O3Si. The minimum atomic E-state index is -2.47. The van der Waals surface area contributed by atoms with E-state index >= 15 is 0 Å². The Hall–Kier alpha value is -2.24. The summed E-state index contributed by atoms with van der Waals surface area (Å²) in [6.45, 7) is 11.8. The minimum absolute atomic E-state index is 0.00407. The molecular weight excluding hydrogens is 436 g/mol. The van der Waals surface area contributed by atoms with Crippen molar-refractivity contribution in [3.8, 4) is 0 Å². The third kappa shape index (κ3) is 7.13. The van der Waals surface area contributed by atoms with Crippen LogP contribution in [0.1, 0.15) is 46.1 Å². The molecule has 34 heavy (non-hydrogen) atoms. The highest BCUT2D eigenvalue weighted by molar-refractivity contribution is 6.99. The quantitative estimate of drug-likeness (QED) is 0.225. The lowest BCUT2D eigenvalue weighted by Gasteiger charge is -2.43. The first-order valence-corrected chi connectivity index (χ1v) is 14.3.